The molecule has 1 aromatic rings. The Morgan fingerprint density at radius 1 is 1.27 bits per heavy atom. The van der Waals surface area contributed by atoms with Crippen LogP contribution in [0.4, 0.5) is 5.82 Å². The molecule has 0 N–H and O–H groups in total. The number of rotatable bonds is 6. The second-order valence-corrected chi connectivity index (χ2v) is 3.66. The van der Waals surface area contributed by atoms with Crippen molar-refractivity contribution < 1.29 is 4.74 Å². The molecule has 15 heavy (non-hydrogen) atoms. The first kappa shape index (κ1) is 12.4. The van der Waals surface area contributed by atoms with Gasteiger partial charge in [0.15, 0.2) is 0 Å². The summed E-state index contributed by atoms with van der Waals surface area (Å²) in [5, 5.41) is 0. The smallest absolute Gasteiger partial charge is 0.214 e. The van der Waals surface area contributed by atoms with E-state index in [2.05, 4.69) is 4.98 Å². The van der Waals surface area contributed by atoms with Crippen LogP contribution < -0.4 is 9.64 Å². The number of methoxy groups -OCH3 is 1. The van der Waals surface area contributed by atoms with E-state index in [1.807, 2.05) is 23.1 Å². The molecule has 0 aliphatic carbocycles. The monoisotopic (exact) mass is 248 g/mol. The van der Waals surface area contributed by atoms with Gasteiger partial charge in [-0.3, -0.25) is 0 Å². The Kier molecular flexibility index (Phi) is 5.58. The van der Waals surface area contributed by atoms with E-state index < -0.39 is 0 Å². The predicted octanol–water partition coefficient (Wildman–Crippen LogP) is 2.37. The molecule has 84 valence electrons. The Hall–Kier alpha value is -0.670. The van der Waals surface area contributed by atoms with Gasteiger partial charge >= 0.3 is 0 Å². The zero-order valence-corrected chi connectivity index (χ0v) is 10.1. The second kappa shape index (κ2) is 6.75. The standard InChI is InChI=1S/C10H14Cl2N2O/c1-15-10-4-2-3-9(13-10)14(7-5-11)8-6-12/h2-4H,5-8H2,1H3. The summed E-state index contributed by atoms with van der Waals surface area (Å²) in [7, 11) is 1.60. The molecule has 0 aliphatic rings. The summed E-state index contributed by atoms with van der Waals surface area (Å²) in [6, 6.07) is 5.63. The number of hydrogen-bond acceptors (Lipinski definition) is 3. The van der Waals surface area contributed by atoms with Gasteiger partial charge < -0.3 is 9.64 Å². The lowest BCUT2D eigenvalue weighted by Crippen LogP contribution is -2.28. The van der Waals surface area contributed by atoms with E-state index in [9.17, 15) is 0 Å². The molecular formula is C10H14Cl2N2O. The lowest BCUT2D eigenvalue weighted by Gasteiger charge is -2.21. The Morgan fingerprint density at radius 3 is 2.47 bits per heavy atom. The molecular weight excluding hydrogens is 235 g/mol. The normalized spacial score (nSPS) is 10.1. The lowest BCUT2D eigenvalue weighted by molar-refractivity contribution is 0.398. The third-order valence-electron chi connectivity index (χ3n) is 1.95. The third-order valence-corrected chi connectivity index (χ3v) is 2.29. The van der Waals surface area contributed by atoms with Crippen molar-refractivity contribution in [2.45, 2.75) is 0 Å². The molecule has 5 heteroatoms. The Labute approximate surface area is 100.0 Å². The Balaban J connectivity index is 2.79. The van der Waals surface area contributed by atoms with Crippen LogP contribution >= 0.6 is 23.2 Å². The molecule has 0 fully saturated rings. The minimum atomic E-state index is 0.551. The maximum Gasteiger partial charge on any atom is 0.214 e. The van der Waals surface area contributed by atoms with Gasteiger partial charge in [-0.2, -0.15) is 4.98 Å². The Morgan fingerprint density at radius 2 is 1.93 bits per heavy atom. The quantitative estimate of drug-likeness (QED) is 0.724. The van der Waals surface area contributed by atoms with Gasteiger partial charge in [0.25, 0.3) is 0 Å². The van der Waals surface area contributed by atoms with E-state index in [0.717, 1.165) is 18.9 Å². The van der Waals surface area contributed by atoms with Crippen molar-refractivity contribution in [2.24, 2.45) is 0 Å². The second-order valence-electron chi connectivity index (χ2n) is 2.90. The molecule has 1 heterocycles. The fraction of sp³-hybridized carbons (Fsp3) is 0.500. The van der Waals surface area contributed by atoms with Gasteiger partial charge in [0.2, 0.25) is 5.88 Å². The van der Waals surface area contributed by atoms with Crippen molar-refractivity contribution in [3.05, 3.63) is 18.2 Å². The van der Waals surface area contributed by atoms with Crippen molar-refractivity contribution >= 4 is 29.0 Å². The molecule has 0 aromatic carbocycles. The van der Waals surface area contributed by atoms with Crippen molar-refractivity contribution in [1.29, 1.82) is 0 Å². The SMILES string of the molecule is COc1cccc(N(CCCl)CCCl)n1. The van der Waals surface area contributed by atoms with Crippen LogP contribution in [0.3, 0.4) is 0 Å². The van der Waals surface area contributed by atoms with Crippen molar-refractivity contribution in [2.75, 3.05) is 36.9 Å². The summed E-state index contributed by atoms with van der Waals surface area (Å²) in [4.78, 5) is 6.35. The highest BCUT2D eigenvalue weighted by Gasteiger charge is 2.07. The van der Waals surface area contributed by atoms with Crippen LogP contribution in [0.15, 0.2) is 18.2 Å². The predicted molar refractivity (Wildman–Crippen MR) is 64.4 cm³/mol. The fourth-order valence-electron chi connectivity index (χ4n) is 1.24. The van der Waals surface area contributed by atoms with Gasteiger partial charge in [-0.05, 0) is 6.07 Å². The van der Waals surface area contributed by atoms with Crippen LogP contribution in [-0.4, -0.2) is 36.9 Å². The van der Waals surface area contributed by atoms with E-state index >= 15 is 0 Å². The largest absolute Gasteiger partial charge is 0.481 e. The van der Waals surface area contributed by atoms with E-state index in [1.54, 1.807) is 7.11 Å². The highest BCUT2D eigenvalue weighted by molar-refractivity contribution is 6.18. The van der Waals surface area contributed by atoms with Gasteiger partial charge in [0.1, 0.15) is 5.82 Å². The molecule has 0 spiro atoms. The van der Waals surface area contributed by atoms with Crippen LogP contribution in [-0.2, 0) is 0 Å². The van der Waals surface area contributed by atoms with Crippen LogP contribution in [0.2, 0.25) is 0 Å². The lowest BCUT2D eigenvalue weighted by atomic mass is 10.4. The summed E-state index contributed by atoms with van der Waals surface area (Å²) in [5.41, 5.74) is 0. The number of alkyl halides is 2. The van der Waals surface area contributed by atoms with E-state index in [-0.39, 0.29) is 0 Å². The maximum atomic E-state index is 5.71. The number of hydrogen-bond donors (Lipinski definition) is 0. The highest BCUT2D eigenvalue weighted by atomic mass is 35.5. The van der Waals surface area contributed by atoms with Crippen molar-refractivity contribution in [3.63, 3.8) is 0 Å². The number of halogens is 2. The molecule has 0 bridgehead atoms. The van der Waals surface area contributed by atoms with E-state index in [0.29, 0.717) is 17.6 Å². The van der Waals surface area contributed by atoms with Gasteiger partial charge in [-0.15, -0.1) is 23.2 Å². The molecule has 1 aromatic heterocycles. The topological polar surface area (TPSA) is 25.4 Å². The van der Waals surface area contributed by atoms with E-state index in [4.69, 9.17) is 27.9 Å². The zero-order valence-electron chi connectivity index (χ0n) is 8.62. The molecule has 0 atom stereocenters. The summed E-state index contributed by atoms with van der Waals surface area (Å²) in [6.45, 7) is 1.46. The summed E-state index contributed by atoms with van der Waals surface area (Å²) in [6.07, 6.45) is 0. The molecule has 0 amide bonds. The number of pyridine rings is 1. The molecule has 0 radical (unpaired) electrons. The zero-order chi connectivity index (χ0) is 11.1. The molecule has 1 rings (SSSR count). The van der Waals surface area contributed by atoms with Crippen LogP contribution in [0, 0.1) is 0 Å². The molecule has 0 saturated heterocycles. The van der Waals surface area contributed by atoms with Gasteiger partial charge in [0.05, 0.1) is 7.11 Å². The number of ether oxygens (including phenoxy) is 1. The first-order chi connectivity index (χ1) is 7.31. The fourth-order valence-corrected chi connectivity index (χ4v) is 1.65. The molecule has 0 aliphatic heterocycles. The van der Waals surface area contributed by atoms with E-state index in [1.165, 1.54) is 0 Å². The average molecular weight is 249 g/mol. The van der Waals surface area contributed by atoms with Crippen molar-refractivity contribution in [1.82, 2.24) is 4.98 Å². The molecule has 0 saturated carbocycles. The summed E-state index contributed by atoms with van der Waals surface area (Å²) < 4.78 is 5.06. The van der Waals surface area contributed by atoms with Crippen molar-refractivity contribution in [3.8, 4) is 5.88 Å². The van der Waals surface area contributed by atoms with Gasteiger partial charge in [0, 0.05) is 30.9 Å². The average Bonchev–Trinajstić information content (AvgIpc) is 2.29. The first-order valence-corrected chi connectivity index (χ1v) is 5.76. The number of aromatic nitrogens is 1. The summed E-state index contributed by atoms with van der Waals surface area (Å²) in [5.74, 6) is 2.54. The first-order valence-electron chi connectivity index (χ1n) is 4.69. The minimum Gasteiger partial charge on any atom is -0.481 e. The van der Waals surface area contributed by atoms with Crippen LogP contribution in [0.1, 0.15) is 0 Å². The van der Waals surface area contributed by atoms with Crippen LogP contribution in [0.25, 0.3) is 0 Å². The maximum absolute atomic E-state index is 5.71. The number of nitrogens with zero attached hydrogens (tertiary/aromatic N) is 2. The third kappa shape index (κ3) is 3.76. The summed E-state index contributed by atoms with van der Waals surface area (Å²) >= 11 is 11.4. The minimum absolute atomic E-state index is 0.551. The van der Waals surface area contributed by atoms with Gasteiger partial charge in [-0.25, -0.2) is 0 Å². The number of anilines is 1. The van der Waals surface area contributed by atoms with Crippen LogP contribution in [0.5, 0.6) is 5.88 Å². The molecule has 3 nitrogen and oxygen atoms in total. The molecule has 0 unspecified atom stereocenters. The highest BCUT2D eigenvalue weighted by Crippen LogP contribution is 2.15. The van der Waals surface area contributed by atoms with Gasteiger partial charge in [-0.1, -0.05) is 6.07 Å². The Bertz CT molecular complexity index is 291.